The number of aliphatic hydroxyl groups excluding tert-OH is 2. The standard InChI is InChI=1S/C24H37N3O9/c1-6-35-18(30)10-11-25-21(32)19(16-9-7-8-15(2)20(16)31)27(12-13-28)22(33)17(14-29)26-23(34)36-24(3,4)5/h7-9,17,19,28-29,31H,6,10-14H2,1-5H3,(H,25,32)(H,26,34). The van der Waals surface area contributed by atoms with Crippen LogP contribution in [-0.4, -0.2) is 88.6 Å². The number of amides is 3. The molecule has 0 spiro atoms. The molecule has 0 heterocycles. The molecular weight excluding hydrogens is 474 g/mol. The van der Waals surface area contributed by atoms with Crippen LogP contribution in [0.25, 0.3) is 0 Å². The van der Waals surface area contributed by atoms with Crippen molar-refractivity contribution >= 4 is 23.9 Å². The number of carbonyl (C=O) groups excluding carboxylic acids is 4. The third kappa shape index (κ3) is 9.34. The van der Waals surface area contributed by atoms with E-state index in [1.165, 1.54) is 6.07 Å². The number of aromatic hydroxyl groups is 1. The largest absolute Gasteiger partial charge is 0.507 e. The van der Waals surface area contributed by atoms with Crippen molar-refractivity contribution in [3.63, 3.8) is 0 Å². The van der Waals surface area contributed by atoms with Gasteiger partial charge in [-0.2, -0.15) is 0 Å². The van der Waals surface area contributed by atoms with E-state index in [1.807, 2.05) is 0 Å². The Hall–Kier alpha value is -3.38. The Morgan fingerprint density at radius 2 is 1.81 bits per heavy atom. The first-order valence-electron chi connectivity index (χ1n) is 11.6. The lowest BCUT2D eigenvalue weighted by Gasteiger charge is -2.34. The van der Waals surface area contributed by atoms with Crippen LogP contribution in [0.2, 0.25) is 0 Å². The van der Waals surface area contributed by atoms with Gasteiger partial charge in [-0.25, -0.2) is 4.79 Å². The van der Waals surface area contributed by atoms with Gasteiger partial charge in [0.05, 0.1) is 26.2 Å². The van der Waals surface area contributed by atoms with Crippen LogP contribution >= 0.6 is 0 Å². The van der Waals surface area contributed by atoms with Gasteiger partial charge in [-0.3, -0.25) is 14.4 Å². The average Bonchev–Trinajstić information content (AvgIpc) is 2.78. The summed E-state index contributed by atoms with van der Waals surface area (Å²) in [5.74, 6) is -2.43. The monoisotopic (exact) mass is 511 g/mol. The number of esters is 1. The second-order valence-electron chi connectivity index (χ2n) is 8.90. The van der Waals surface area contributed by atoms with E-state index in [1.54, 1.807) is 46.8 Å². The molecule has 0 saturated carbocycles. The van der Waals surface area contributed by atoms with Gasteiger partial charge >= 0.3 is 12.1 Å². The second kappa shape index (κ2) is 14.2. The molecule has 0 radical (unpaired) electrons. The average molecular weight is 512 g/mol. The molecule has 0 saturated heterocycles. The fraction of sp³-hybridized carbons (Fsp3) is 0.583. The molecular formula is C24H37N3O9. The predicted molar refractivity (Wildman–Crippen MR) is 129 cm³/mol. The van der Waals surface area contributed by atoms with Gasteiger partial charge in [0.15, 0.2) is 0 Å². The molecule has 0 aromatic heterocycles. The number of nitrogens with zero attached hydrogens (tertiary/aromatic N) is 1. The van der Waals surface area contributed by atoms with Crippen molar-refractivity contribution in [3.8, 4) is 5.75 Å². The molecule has 2 atom stereocenters. The summed E-state index contributed by atoms with van der Waals surface area (Å²) in [6, 6.07) is 1.65. The molecule has 36 heavy (non-hydrogen) atoms. The summed E-state index contributed by atoms with van der Waals surface area (Å²) in [7, 11) is 0. The lowest BCUT2D eigenvalue weighted by Crippen LogP contribution is -2.55. The molecule has 12 heteroatoms. The zero-order valence-corrected chi connectivity index (χ0v) is 21.4. The minimum atomic E-state index is -1.51. The van der Waals surface area contributed by atoms with E-state index in [0.717, 1.165) is 4.90 Å². The van der Waals surface area contributed by atoms with Crippen LogP contribution < -0.4 is 10.6 Å². The summed E-state index contributed by atoms with van der Waals surface area (Å²) in [6.45, 7) is 6.44. The lowest BCUT2D eigenvalue weighted by molar-refractivity contribution is -0.145. The molecule has 0 aliphatic heterocycles. The van der Waals surface area contributed by atoms with Crippen molar-refractivity contribution in [2.75, 3.05) is 32.9 Å². The summed E-state index contributed by atoms with van der Waals surface area (Å²) in [6.07, 6.45) is -1.09. The number of hydrogen-bond acceptors (Lipinski definition) is 9. The molecule has 12 nitrogen and oxygen atoms in total. The van der Waals surface area contributed by atoms with Gasteiger partial charge in [0.2, 0.25) is 11.8 Å². The Kier molecular flexibility index (Phi) is 12.1. The zero-order chi connectivity index (χ0) is 27.5. The van der Waals surface area contributed by atoms with Gasteiger partial charge < -0.3 is 40.3 Å². The van der Waals surface area contributed by atoms with Crippen LogP contribution in [-0.2, 0) is 23.9 Å². The second-order valence-corrected chi connectivity index (χ2v) is 8.90. The Labute approximate surface area is 210 Å². The van der Waals surface area contributed by atoms with Crippen LogP contribution in [0.5, 0.6) is 5.75 Å². The van der Waals surface area contributed by atoms with E-state index in [2.05, 4.69) is 10.6 Å². The van der Waals surface area contributed by atoms with Crippen molar-refractivity contribution in [1.82, 2.24) is 15.5 Å². The summed E-state index contributed by atoms with van der Waals surface area (Å²) in [4.78, 5) is 51.5. The van der Waals surface area contributed by atoms with E-state index in [0.29, 0.717) is 5.56 Å². The molecule has 0 aliphatic carbocycles. The number of phenols is 1. The van der Waals surface area contributed by atoms with E-state index >= 15 is 0 Å². The van der Waals surface area contributed by atoms with Gasteiger partial charge in [-0.15, -0.1) is 0 Å². The SMILES string of the molecule is CCOC(=O)CCNC(=O)C(c1cccc(C)c1O)N(CCO)C(=O)C(CO)NC(=O)OC(C)(C)C. The first-order chi connectivity index (χ1) is 16.9. The number of rotatable bonds is 12. The molecule has 0 fully saturated rings. The number of benzene rings is 1. The molecule has 1 aromatic carbocycles. The first-order valence-corrected chi connectivity index (χ1v) is 11.6. The Balaban J connectivity index is 3.33. The van der Waals surface area contributed by atoms with E-state index in [4.69, 9.17) is 9.47 Å². The van der Waals surface area contributed by atoms with Crippen molar-refractivity contribution in [1.29, 1.82) is 0 Å². The van der Waals surface area contributed by atoms with Gasteiger partial charge in [-0.1, -0.05) is 18.2 Å². The minimum Gasteiger partial charge on any atom is -0.507 e. The van der Waals surface area contributed by atoms with Gasteiger partial charge in [0, 0.05) is 18.7 Å². The highest BCUT2D eigenvalue weighted by molar-refractivity contribution is 5.92. The summed E-state index contributed by atoms with van der Waals surface area (Å²) in [5, 5.41) is 35.0. The molecule has 0 aliphatic rings. The normalized spacial score (nSPS) is 12.8. The number of hydrogen-bond donors (Lipinski definition) is 5. The van der Waals surface area contributed by atoms with Crippen molar-refractivity contribution in [3.05, 3.63) is 29.3 Å². The molecule has 1 aromatic rings. The smallest absolute Gasteiger partial charge is 0.408 e. The van der Waals surface area contributed by atoms with Gasteiger partial charge in [0.25, 0.3) is 0 Å². The highest BCUT2D eigenvalue weighted by Gasteiger charge is 2.37. The number of para-hydroxylation sites is 1. The number of carbonyl (C=O) groups is 4. The highest BCUT2D eigenvalue weighted by Crippen LogP contribution is 2.32. The number of aliphatic hydroxyl groups is 2. The maximum absolute atomic E-state index is 13.4. The molecule has 5 N–H and O–H groups in total. The maximum Gasteiger partial charge on any atom is 0.408 e. The van der Waals surface area contributed by atoms with Crippen molar-refractivity contribution in [2.24, 2.45) is 0 Å². The highest BCUT2D eigenvalue weighted by atomic mass is 16.6. The molecule has 2 unspecified atom stereocenters. The summed E-state index contributed by atoms with van der Waals surface area (Å²) >= 11 is 0. The fourth-order valence-electron chi connectivity index (χ4n) is 3.28. The van der Waals surface area contributed by atoms with E-state index in [-0.39, 0.29) is 37.4 Å². The van der Waals surface area contributed by atoms with E-state index in [9.17, 15) is 34.5 Å². The Bertz CT molecular complexity index is 915. The zero-order valence-electron chi connectivity index (χ0n) is 21.4. The van der Waals surface area contributed by atoms with Gasteiger partial charge in [-0.05, 0) is 40.2 Å². The van der Waals surface area contributed by atoms with E-state index < -0.39 is 54.8 Å². The topological polar surface area (TPSA) is 175 Å². The molecule has 202 valence electrons. The Morgan fingerprint density at radius 3 is 2.36 bits per heavy atom. The van der Waals surface area contributed by atoms with Crippen LogP contribution in [0.3, 0.4) is 0 Å². The number of ether oxygens (including phenoxy) is 2. The van der Waals surface area contributed by atoms with Crippen molar-refractivity contribution in [2.45, 2.75) is 58.7 Å². The fourth-order valence-corrected chi connectivity index (χ4v) is 3.28. The predicted octanol–water partition coefficient (Wildman–Crippen LogP) is 0.518. The summed E-state index contributed by atoms with van der Waals surface area (Å²) in [5.41, 5.74) is -0.384. The first kappa shape index (κ1) is 30.7. The van der Waals surface area contributed by atoms with Crippen molar-refractivity contribution < 1.29 is 44.0 Å². The van der Waals surface area contributed by atoms with Gasteiger partial charge in [0.1, 0.15) is 23.4 Å². The number of aryl methyl sites for hydroxylation is 1. The number of alkyl carbamates (subject to hydrolysis) is 1. The molecule has 0 bridgehead atoms. The quantitative estimate of drug-likeness (QED) is 0.251. The summed E-state index contributed by atoms with van der Waals surface area (Å²) < 4.78 is 9.98. The maximum atomic E-state index is 13.4. The minimum absolute atomic E-state index is 0.0550. The lowest BCUT2D eigenvalue weighted by atomic mass is 9.99. The molecule has 3 amide bonds. The third-order valence-electron chi connectivity index (χ3n) is 4.85. The number of phenolic OH excluding ortho intramolecular Hbond substituents is 1. The van der Waals surface area contributed by atoms with Crippen LogP contribution in [0.1, 0.15) is 51.3 Å². The molecule has 1 rings (SSSR count). The number of nitrogens with one attached hydrogen (secondary N) is 2. The van der Waals surface area contributed by atoms with Crippen LogP contribution in [0, 0.1) is 6.92 Å². The van der Waals surface area contributed by atoms with Crippen LogP contribution in [0.15, 0.2) is 18.2 Å². The third-order valence-corrected chi connectivity index (χ3v) is 4.85. The van der Waals surface area contributed by atoms with Crippen LogP contribution in [0.4, 0.5) is 4.79 Å². The Morgan fingerprint density at radius 1 is 1.14 bits per heavy atom.